The van der Waals surface area contributed by atoms with Crippen LogP contribution in [0.4, 0.5) is 5.82 Å². The molecule has 2 rings (SSSR count). The summed E-state index contributed by atoms with van der Waals surface area (Å²) < 4.78 is 7.82. The molecule has 0 aromatic carbocycles. The van der Waals surface area contributed by atoms with Crippen molar-refractivity contribution in [1.29, 1.82) is 0 Å². The SMILES string of the molecule is CO[N+](=O)c1nn(C2CCCCO2)cc1Br. The lowest BCUT2D eigenvalue weighted by molar-refractivity contribution is -0.739. The van der Waals surface area contributed by atoms with Crippen LogP contribution >= 0.6 is 15.9 Å². The molecule has 88 valence electrons. The van der Waals surface area contributed by atoms with Gasteiger partial charge >= 0.3 is 5.82 Å². The van der Waals surface area contributed by atoms with E-state index in [1.807, 2.05) is 0 Å². The lowest BCUT2D eigenvalue weighted by atomic mass is 10.2. The minimum atomic E-state index is -0.0796. The predicted octanol–water partition coefficient (Wildman–Crippen LogP) is 2.32. The maximum Gasteiger partial charge on any atom is 0.448 e. The molecule has 1 saturated heterocycles. The summed E-state index contributed by atoms with van der Waals surface area (Å²) in [6, 6.07) is 0. The molecule has 0 bridgehead atoms. The normalized spacial score (nSPS) is 20.8. The van der Waals surface area contributed by atoms with Crippen LogP contribution in [0.5, 0.6) is 0 Å². The average Bonchev–Trinajstić information content (AvgIpc) is 2.71. The molecule has 16 heavy (non-hydrogen) atoms. The second-order valence-corrected chi connectivity index (χ2v) is 4.40. The van der Waals surface area contributed by atoms with Crippen molar-refractivity contribution in [3.8, 4) is 0 Å². The van der Waals surface area contributed by atoms with Gasteiger partial charge in [0.05, 0.1) is 11.3 Å². The monoisotopic (exact) mass is 290 g/mol. The molecular weight excluding hydrogens is 278 g/mol. The summed E-state index contributed by atoms with van der Waals surface area (Å²) in [6.45, 7) is 0.739. The Bertz CT molecular complexity index is 387. The smallest absolute Gasteiger partial charge is 0.354 e. The molecule has 6 nitrogen and oxygen atoms in total. The van der Waals surface area contributed by atoms with E-state index >= 15 is 0 Å². The van der Waals surface area contributed by atoms with Gasteiger partial charge in [0.2, 0.25) is 0 Å². The summed E-state index contributed by atoms with van der Waals surface area (Å²) in [5.74, 6) is 0.205. The maximum absolute atomic E-state index is 11.3. The van der Waals surface area contributed by atoms with Crippen LogP contribution in [0.1, 0.15) is 25.5 Å². The number of hydrogen-bond acceptors (Lipinski definition) is 4. The molecule has 0 aliphatic carbocycles. The quantitative estimate of drug-likeness (QED) is 0.802. The summed E-state index contributed by atoms with van der Waals surface area (Å²) in [6.07, 6.45) is 4.76. The Morgan fingerprint density at radius 2 is 2.50 bits per heavy atom. The highest BCUT2D eigenvalue weighted by Crippen LogP contribution is 2.28. The molecule has 1 aromatic rings. The highest BCUT2D eigenvalue weighted by Gasteiger charge is 2.28. The van der Waals surface area contributed by atoms with Crippen LogP contribution < -0.4 is 0 Å². The summed E-state index contributed by atoms with van der Waals surface area (Å²) in [4.78, 5) is 16.2. The van der Waals surface area contributed by atoms with Crippen LogP contribution in [0.15, 0.2) is 10.7 Å². The molecule has 1 unspecified atom stereocenters. The zero-order valence-corrected chi connectivity index (χ0v) is 10.5. The lowest BCUT2D eigenvalue weighted by Gasteiger charge is -2.19. The van der Waals surface area contributed by atoms with Crippen LogP contribution in [0.25, 0.3) is 0 Å². The fourth-order valence-corrected chi connectivity index (χ4v) is 2.08. The molecule has 0 amide bonds. The standard InChI is InChI=1S/C9H13BrN3O3/c1-15-13(14)9-7(10)6-12(11-9)8-4-2-3-5-16-8/h6,8H,2-5H2,1H3/q+1. The van der Waals surface area contributed by atoms with Gasteiger partial charge in [-0.1, -0.05) is 0 Å². The van der Waals surface area contributed by atoms with Gasteiger partial charge in [0.25, 0.3) is 0 Å². The van der Waals surface area contributed by atoms with E-state index in [-0.39, 0.29) is 12.0 Å². The van der Waals surface area contributed by atoms with E-state index in [4.69, 9.17) is 4.74 Å². The second-order valence-electron chi connectivity index (χ2n) is 3.54. The summed E-state index contributed by atoms with van der Waals surface area (Å²) >= 11 is 3.26. The number of aromatic nitrogens is 2. The van der Waals surface area contributed by atoms with Crippen LogP contribution in [-0.2, 0) is 9.57 Å². The first-order valence-corrected chi connectivity index (χ1v) is 5.89. The highest BCUT2D eigenvalue weighted by molar-refractivity contribution is 9.10. The van der Waals surface area contributed by atoms with Gasteiger partial charge in [0, 0.05) is 6.61 Å². The van der Waals surface area contributed by atoms with E-state index in [0.717, 1.165) is 25.9 Å². The molecule has 7 heteroatoms. The fraction of sp³-hybridized carbons (Fsp3) is 0.667. The van der Waals surface area contributed by atoms with Gasteiger partial charge in [-0.05, 0) is 40.1 Å². The Morgan fingerprint density at radius 1 is 1.69 bits per heavy atom. The van der Waals surface area contributed by atoms with E-state index in [9.17, 15) is 4.91 Å². The molecule has 1 aliphatic rings. The van der Waals surface area contributed by atoms with Crippen molar-refractivity contribution in [3.63, 3.8) is 0 Å². The third kappa shape index (κ3) is 2.25. The number of rotatable bonds is 3. The molecule has 1 atom stereocenters. The largest absolute Gasteiger partial charge is 0.448 e. The number of ether oxygens (including phenoxy) is 1. The third-order valence-electron chi connectivity index (χ3n) is 2.46. The van der Waals surface area contributed by atoms with E-state index in [1.54, 1.807) is 10.9 Å². The highest BCUT2D eigenvalue weighted by atomic mass is 79.9. The van der Waals surface area contributed by atoms with Crippen LogP contribution in [0, 0.1) is 4.91 Å². The van der Waals surface area contributed by atoms with Crippen molar-refractivity contribution in [2.24, 2.45) is 0 Å². The predicted molar refractivity (Wildman–Crippen MR) is 59.1 cm³/mol. The van der Waals surface area contributed by atoms with Gasteiger partial charge in [0.1, 0.15) is 11.6 Å². The van der Waals surface area contributed by atoms with Crippen molar-refractivity contribution >= 4 is 21.7 Å². The number of halogens is 1. The number of hydrogen-bond donors (Lipinski definition) is 0. The Morgan fingerprint density at radius 3 is 3.12 bits per heavy atom. The minimum absolute atomic E-state index is 0.0796. The average molecular weight is 291 g/mol. The molecule has 0 radical (unpaired) electrons. The topological polar surface area (TPSA) is 56.4 Å². The van der Waals surface area contributed by atoms with Gasteiger partial charge in [0.15, 0.2) is 11.2 Å². The van der Waals surface area contributed by atoms with Gasteiger partial charge in [-0.3, -0.25) is 0 Å². The zero-order valence-electron chi connectivity index (χ0n) is 8.93. The Hall–Kier alpha value is -0.950. The molecule has 1 fully saturated rings. The number of nitrogens with zero attached hydrogens (tertiary/aromatic N) is 3. The van der Waals surface area contributed by atoms with Crippen molar-refractivity contribution in [1.82, 2.24) is 9.78 Å². The molecular formula is C9H13BrN3O3+. The summed E-state index contributed by atoms with van der Waals surface area (Å²) in [5, 5.41) is 4.14. The van der Waals surface area contributed by atoms with Crippen LogP contribution in [0.3, 0.4) is 0 Å². The molecule has 0 N–H and O–H groups in total. The van der Waals surface area contributed by atoms with Crippen LogP contribution in [-0.4, -0.2) is 28.4 Å². The first kappa shape index (κ1) is 11.5. The van der Waals surface area contributed by atoms with Crippen molar-refractivity contribution in [3.05, 3.63) is 15.6 Å². The van der Waals surface area contributed by atoms with Crippen molar-refractivity contribution < 1.29 is 14.5 Å². The molecule has 2 heterocycles. The Kier molecular flexibility index (Phi) is 3.55. The lowest BCUT2D eigenvalue weighted by Crippen LogP contribution is -2.18. The Labute approximate surface area is 101 Å². The Balaban J connectivity index is 2.19. The van der Waals surface area contributed by atoms with E-state index in [2.05, 4.69) is 25.9 Å². The van der Waals surface area contributed by atoms with Gasteiger partial charge in [-0.2, -0.15) is 0 Å². The maximum atomic E-state index is 11.3. The van der Waals surface area contributed by atoms with Crippen LogP contribution in [0.2, 0.25) is 0 Å². The van der Waals surface area contributed by atoms with Gasteiger partial charge in [-0.15, -0.1) is 4.68 Å². The first-order chi connectivity index (χ1) is 7.72. The van der Waals surface area contributed by atoms with Crippen molar-refractivity contribution in [2.45, 2.75) is 25.5 Å². The van der Waals surface area contributed by atoms with Gasteiger partial charge in [-0.25, -0.2) is 0 Å². The molecule has 1 aromatic heterocycles. The van der Waals surface area contributed by atoms with E-state index in [0.29, 0.717) is 9.40 Å². The van der Waals surface area contributed by atoms with E-state index in [1.165, 1.54) is 7.11 Å². The first-order valence-electron chi connectivity index (χ1n) is 5.10. The summed E-state index contributed by atoms with van der Waals surface area (Å²) in [7, 11) is 1.30. The van der Waals surface area contributed by atoms with E-state index < -0.39 is 0 Å². The van der Waals surface area contributed by atoms with Crippen molar-refractivity contribution in [2.75, 3.05) is 13.7 Å². The second kappa shape index (κ2) is 4.92. The third-order valence-corrected chi connectivity index (χ3v) is 3.02. The molecule has 1 aliphatic heterocycles. The minimum Gasteiger partial charge on any atom is -0.354 e. The molecule has 0 spiro atoms. The molecule has 0 saturated carbocycles. The summed E-state index contributed by atoms with van der Waals surface area (Å²) in [5.41, 5.74) is 0. The zero-order chi connectivity index (χ0) is 11.5. The fourth-order valence-electron chi connectivity index (χ4n) is 1.65. The van der Waals surface area contributed by atoms with Gasteiger partial charge < -0.3 is 9.57 Å².